The van der Waals surface area contributed by atoms with Gasteiger partial charge in [-0.05, 0) is 23.8 Å². The summed E-state index contributed by atoms with van der Waals surface area (Å²) in [5.41, 5.74) is 2.87. The molecule has 5 heteroatoms. The highest BCUT2D eigenvalue weighted by atomic mass is 16.5. The van der Waals surface area contributed by atoms with E-state index >= 15 is 0 Å². The molecular formula is C18H17N3O2. The molecule has 0 aliphatic rings. The average molecular weight is 307 g/mol. The first-order valence-corrected chi connectivity index (χ1v) is 7.23. The SMILES string of the molecule is COc1ccccc1NC(=O)c1cc(-c2ccccc2)n(C)n1. The third-order valence-electron chi connectivity index (χ3n) is 3.54. The molecule has 1 heterocycles. The molecule has 23 heavy (non-hydrogen) atoms. The van der Waals surface area contributed by atoms with E-state index in [2.05, 4.69) is 10.4 Å². The summed E-state index contributed by atoms with van der Waals surface area (Å²) in [6.07, 6.45) is 0. The van der Waals surface area contributed by atoms with Crippen molar-refractivity contribution in [3.63, 3.8) is 0 Å². The number of nitrogens with one attached hydrogen (secondary N) is 1. The average Bonchev–Trinajstić information content (AvgIpc) is 2.98. The highest BCUT2D eigenvalue weighted by Gasteiger charge is 2.15. The van der Waals surface area contributed by atoms with E-state index in [-0.39, 0.29) is 5.91 Å². The largest absolute Gasteiger partial charge is 0.495 e. The molecule has 1 amide bonds. The standard InChI is InChI=1S/C18H17N3O2/c1-21-16(13-8-4-3-5-9-13)12-15(20-21)18(22)19-14-10-6-7-11-17(14)23-2/h3-12H,1-2H3,(H,19,22). The van der Waals surface area contributed by atoms with Crippen molar-refractivity contribution in [3.05, 3.63) is 66.4 Å². The van der Waals surface area contributed by atoms with E-state index in [0.717, 1.165) is 11.3 Å². The Balaban J connectivity index is 1.86. The van der Waals surface area contributed by atoms with Crippen molar-refractivity contribution in [1.82, 2.24) is 9.78 Å². The Morgan fingerprint density at radius 1 is 1.09 bits per heavy atom. The molecule has 0 saturated heterocycles. The van der Waals surface area contributed by atoms with Crippen LogP contribution in [0.15, 0.2) is 60.7 Å². The lowest BCUT2D eigenvalue weighted by molar-refractivity contribution is 0.102. The first-order chi connectivity index (χ1) is 11.2. The summed E-state index contributed by atoms with van der Waals surface area (Å²) >= 11 is 0. The molecule has 0 bridgehead atoms. The van der Waals surface area contributed by atoms with Gasteiger partial charge in [0.2, 0.25) is 0 Å². The fourth-order valence-electron chi connectivity index (χ4n) is 2.39. The van der Waals surface area contributed by atoms with Gasteiger partial charge in [-0.3, -0.25) is 9.48 Å². The van der Waals surface area contributed by atoms with Crippen molar-refractivity contribution in [2.75, 3.05) is 12.4 Å². The number of carbonyl (C=O) groups excluding carboxylic acids is 1. The first-order valence-electron chi connectivity index (χ1n) is 7.23. The third kappa shape index (κ3) is 3.08. The zero-order valence-corrected chi connectivity index (χ0v) is 13.0. The minimum absolute atomic E-state index is 0.271. The molecule has 0 radical (unpaired) electrons. The topological polar surface area (TPSA) is 56.1 Å². The highest BCUT2D eigenvalue weighted by Crippen LogP contribution is 2.24. The maximum Gasteiger partial charge on any atom is 0.276 e. The molecule has 0 atom stereocenters. The van der Waals surface area contributed by atoms with E-state index in [1.165, 1.54) is 0 Å². The molecule has 0 aliphatic carbocycles. The van der Waals surface area contributed by atoms with Gasteiger partial charge in [-0.1, -0.05) is 42.5 Å². The number of aryl methyl sites for hydroxylation is 1. The number of hydrogen-bond acceptors (Lipinski definition) is 3. The van der Waals surface area contributed by atoms with Crippen LogP contribution in [0.4, 0.5) is 5.69 Å². The molecule has 1 N–H and O–H groups in total. The van der Waals surface area contributed by atoms with Gasteiger partial charge in [0.1, 0.15) is 5.75 Å². The van der Waals surface area contributed by atoms with Crippen molar-refractivity contribution in [2.24, 2.45) is 7.05 Å². The molecule has 1 aromatic heterocycles. The Morgan fingerprint density at radius 3 is 2.52 bits per heavy atom. The number of methoxy groups -OCH3 is 1. The van der Waals surface area contributed by atoms with Crippen LogP contribution in [0, 0.1) is 0 Å². The van der Waals surface area contributed by atoms with Crippen LogP contribution in [-0.2, 0) is 7.05 Å². The summed E-state index contributed by atoms with van der Waals surface area (Å²) in [5, 5.41) is 7.13. The number of ether oxygens (including phenoxy) is 1. The molecule has 3 aromatic rings. The van der Waals surface area contributed by atoms with Crippen LogP contribution in [0.3, 0.4) is 0 Å². The van der Waals surface area contributed by atoms with Gasteiger partial charge in [0, 0.05) is 7.05 Å². The number of amides is 1. The van der Waals surface area contributed by atoms with Gasteiger partial charge in [-0.15, -0.1) is 0 Å². The maximum absolute atomic E-state index is 12.4. The van der Waals surface area contributed by atoms with Crippen molar-refractivity contribution in [3.8, 4) is 17.0 Å². The van der Waals surface area contributed by atoms with E-state index < -0.39 is 0 Å². The molecule has 5 nitrogen and oxygen atoms in total. The molecule has 0 aliphatic heterocycles. The van der Waals surface area contributed by atoms with Crippen LogP contribution >= 0.6 is 0 Å². The van der Waals surface area contributed by atoms with Gasteiger partial charge < -0.3 is 10.1 Å². The molecule has 0 unspecified atom stereocenters. The number of carbonyl (C=O) groups is 1. The molecule has 116 valence electrons. The molecule has 0 saturated carbocycles. The van der Waals surface area contributed by atoms with Crippen LogP contribution in [-0.4, -0.2) is 22.8 Å². The zero-order chi connectivity index (χ0) is 16.2. The molecule has 3 rings (SSSR count). The Labute approximate surface area is 134 Å². The molecule has 0 fully saturated rings. The maximum atomic E-state index is 12.4. The smallest absolute Gasteiger partial charge is 0.276 e. The second-order valence-electron chi connectivity index (χ2n) is 5.06. The zero-order valence-electron chi connectivity index (χ0n) is 13.0. The Bertz CT molecular complexity index is 825. The van der Waals surface area contributed by atoms with Crippen LogP contribution in [0.25, 0.3) is 11.3 Å². The van der Waals surface area contributed by atoms with Gasteiger partial charge in [0.15, 0.2) is 5.69 Å². The normalized spacial score (nSPS) is 10.3. The lowest BCUT2D eigenvalue weighted by Gasteiger charge is -2.08. The van der Waals surface area contributed by atoms with E-state index in [9.17, 15) is 4.79 Å². The quantitative estimate of drug-likeness (QED) is 0.804. The van der Waals surface area contributed by atoms with Crippen LogP contribution < -0.4 is 10.1 Å². The van der Waals surface area contributed by atoms with Gasteiger partial charge in [-0.2, -0.15) is 5.10 Å². The van der Waals surface area contributed by atoms with Crippen LogP contribution in [0.5, 0.6) is 5.75 Å². The number of hydrogen-bond donors (Lipinski definition) is 1. The number of rotatable bonds is 4. The number of para-hydroxylation sites is 2. The van der Waals surface area contributed by atoms with Crippen molar-refractivity contribution in [2.45, 2.75) is 0 Å². The van der Waals surface area contributed by atoms with E-state index in [1.54, 1.807) is 30.0 Å². The predicted octanol–water partition coefficient (Wildman–Crippen LogP) is 3.35. The lowest BCUT2D eigenvalue weighted by Crippen LogP contribution is -2.13. The monoisotopic (exact) mass is 307 g/mol. The van der Waals surface area contributed by atoms with Crippen LogP contribution in [0.1, 0.15) is 10.5 Å². The minimum atomic E-state index is -0.271. The van der Waals surface area contributed by atoms with E-state index in [1.807, 2.05) is 49.5 Å². The lowest BCUT2D eigenvalue weighted by atomic mass is 10.1. The number of nitrogens with zero attached hydrogens (tertiary/aromatic N) is 2. The molecule has 0 spiro atoms. The van der Waals surface area contributed by atoms with Gasteiger partial charge in [0.05, 0.1) is 18.5 Å². The Hall–Kier alpha value is -3.08. The fraction of sp³-hybridized carbons (Fsp3) is 0.111. The van der Waals surface area contributed by atoms with Gasteiger partial charge >= 0.3 is 0 Å². The third-order valence-corrected chi connectivity index (χ3v) is 3.54. The van der Waals surface area contributed by atoms with Crippen molar-refractivity contribution < 1.29 is 9.53 Å². The Morgan fingerprint density at radius 2 is 1.78 bits per heavy atom. The molecule has 2 aromatic carbocycles. The van der Waals surface area contributed by atoms with Gasteiger partial charge in [0.25, 0.3) is 5.91 Å². The summed E-state index contributed by atoms with van der Waals surface area (Å²) < 4.78 is 6.94. The highest BCUT2D eigenvalue weighted by molar-refractivity contribution is 6.04. The Kier molecular flexibility index (Phi) is 4.10. The van der Waals surface area contributed by atoms with Gasteiger partial charge in [-0.25, -0.2) is 0 Å². The first kappa shape index (κ1) is 14.8. The number of benzene rings is 2. The van der Waals surface area contributed by atoms with E-state index in [4.69, 9.17) is 4.74 Å². The summed E-state index contributed by atoms with van der Waals surface area (Å²) in [4.78, 5) is 12.4. The fourth-order valence-corrected chi connectivity index (χ4v) is 2.39. The second-order valence-corrected chi connectivity index (χ2v) is 5.06. The number of anilines is 1. The summed E-state index contributed by atoms with van der Waals surface area (Å²) in [6.45, 7) is 0. The van der Waals surface area contributed by atoms with Crippen molar-refractivity contribution in [1.29, 1.82) is 0 Å². The predicted molar refractivity (Wildman–Crippen MR) is 89.6 cm³/mol. The summed E-state index contributed by atoms with van der Waals surface area (Å²) in [7, 11) is 3.39. The van der Waals surface area contributed by atoms with Crippen molar-refractivity contribution >= 4 is 11.6 Å². The summed E-state index contributed by atoms with van der Waals surface area (Å²) in [6, 6.07) is 18.9. The second kappa shape index (κ2) is 6.36. The minimum Gasteiger partial charge on any atom is -0.495 e. The van der Waals surface area contributed by atoms with E-state index in [0.29, 0.717) is 17.1 Å². The van der Waals surface area contributed by atoms with Crippen LogP contribution in [0.2, 0.25) is 0 Å². The summed E-state index contributed by atoms with van der Waals surface area (Å²) in [5.74, 6) is 0.340. The molecular weight excluding hydrogens is 290 g/mol. The number of aromatic nitrogens is 2.